The van der Waals surface area contributed by atoms with Crippen LogP contribution in [-0.2, 0) is 6.54 Å². The molecular weight excluding hydrogens is 316 g/mol. The standard InChI is InChI=1S/C15H13BrN4/c16-13-5-3-4-12(10-13)11-17-14-6-1-2-7-15(14)20-9-8-18-19-20/h1-10,17H,11H2. The predicted molar refractivity (Wildman–Crippen MR) is 82.8 cm³/mol. The quantitative estimate of drug-likeness (QED) is 0.795. The van der Waals surface area contributed by atoms with Crippen molar-refractivity contribution in [2.75, 3.05) is 5.32 Å². The zero-order valence-corrected chi connectivity index (χ0v) is 12.3. The van der Waals surface area contributed by atoms with Crippen LogP contribution in [0.4, 0.5) is 5.69 Å². The molecule has 0 bridgehead atoms. The predicted octanol–water partition coefficient (Wildman–Crippen LogP) is 3.64. The van der Waals surface area contributed by atoms with Crippen LogP contribution in [0.5, 0.6) is 0 Å². The van der Waals surface area contributed by atoms with Crippen molar-refractivity contribution in [1.29, 1.82) is 0 Å². The molecule has 0 aliphatic carbocycles. The Morgan fingerprint density at radius 1 is 1.10 bits per heavy atom. The van der Waals surface area contributed by atoms with Gasteiger partial charge in [0, 0.05) is 11.0 Å². The second kappa shape index (κ2) is 5.88. The smallest absolute Gasteiger partial charge is 0.0894 e. The number of nitrogens with zero attached hydrogens (tertiary/aromatic N) is 3. The van der Waals surface area contributed by atoms with Crippen LogP contribution in [0.1, 0.15) is 5.56 Å². The maximum absolute atomic E-state index is 4.04. The molecule has 3 aromatic rings. The lowest BCUT2D eigenvalue weighted by molar-refractivity contribution is 0.803. The second-order valence-corrected chi connectivity index (χ2v) is 5.26. The molecule has 0 amide bonds. The number of nitrogens with one attached hydrogen (secondary N) is 1. The van der Waals surface area contributed by atoms with Crippen molar-refractivity contribution in [3.8, 4) is 5.69 Å². The van der Waals surface area contributed by atoms with Crippen LogP contribution in [0.3, 0.4) is 0 Å². The molecule has 0 saturated carbocycles. The molecule has 1 heterocycles. The Kier molecular flexibility index (Phi) is 3.78. The van der Waals surface area contributed by atoms with Gasteiger partial charge in [0.1, 0.15) is 0 Å². The number of anilines is 1. The Morgan fingerprint density at radius 2 is 2.00 bits per heavy atom. The van der Waals surface area contributed by atoms with Gasteiger partial charge in [-0.05, 0) is 29.8 Å². The lowest BCUT2D eigenvalue weighted by Crippen LogP contribution is -2.05. The summed E-state index contributed by atoms with van der Waals surface area (Å²) in [6, 6.07) is 16.3. The van der Waals surface area contributed by atoms with E-state index in [0.29, 0.717) is 0 Å². The molecule has 0 aliphatic heterocycles. The normalized spacial score (nSPS) is 10.4. The first-order chi connectivity index (χ1) is 9.83. The highest BCUT2D eigenvalue weighted by atomic mass is 79.9. The summed E-state index contributed by atoms with van der Waals surface area (Å²) in [5.74, 6) is 0. The number of benzene rings is 2. The van der Waals surface area contributed by atoms with Gasteiger partial charge in [0.05, 0.1) is 23.8 Å². The van der Waals surface area contributed by atoms with Crippen molar-refractivity contribution in [3.63, 3.8) is 0 Å². The van der Waals surface area contributed by atoms with Gasteiger partial charge in [-0.25, -0.2) is 4.68 Å². The molecule has 0 fully saturated rings. The zero-order chi connectivity index (χ0) is 13.8. The van der Waals surface area contributed by atoms with E-state index in [1.54, 1.807) is 10.9 Å². The SMILES string of the molecule is Brc1cccc(CNc2ccccc2-n2ccnn2)c1. The van der Waals surface area contributed by atoms with Crippen molar-refractivity contribution in [1.82, 2.24) is 15.0 Å². The van der Waals surface area contributed by atoms with Crippen LogP contribution in [0, 0.1) is 0 Å². The van der Waals surface area contributed by atoms with Gasteiger partial charge in [-0.2, -0.15) is 0 Å². The van der Waals surface area contributed by atoms with Gasteiger partial charge < -0.3 is 5.32 Å². The molecule has 100 valence electrons. The summed E-state index contributed by atoms with van der Waals surface area (Å²) >= 11 is 3.48. The minimum absolute atomic E-state index is 0.755. The minimum atomic E-state index is 0.755. The Balaban J connectivity index is 1.81. The van der Waals surface area contributed by atoms with E-state index >= 15 is 0 Å². The molecular formula is C15H13BrN4. The Hall–Kier alpha value is -2.14. The summed E-state index contributed by atoms with van der Waals surface area (Å²) in [5.41, 5.74) is 3.23. The molecule has 2 aromatic carbocycles. The van der Waals surface area contributed by atoms with Gasteiger partial charge in [0.15, 0.2) is 0 Å². The molecule has 20 heavy (non-hydrogen) atoms. The molecule has 0 aliphatic rings. The third kappa shape index (κ3) is 2.88. The third-order valence-electron chi connectivity index (χ3n) is 2.95. The van der Waals surface area contributed by atoms with E-state index < -0.39 is 0 Å². The summed E-state index contributed by atoms with van der Waals surface area (Å²) in [7, 11) is 0. The first-order valence-corrected chi connectivity index (χ1v) is 7.06. The highest BCUT2D eigenvalue weighted by Crippen LogP contribution is 2.20. The lowest BCUT2D eigenvalue weighted by atomic mass is 10.2. The Morgan fingerprint density at radius 3 is 2.80 bits per heavy atom. The molecule has 1 N–H and O–H groups in total. The van der Waals surface area contributed by atoms with Crippen LogP contribution in [0.25, 0.3) is 5.69 Å². The third-order valence-corrected chi connectivity index (χ3v) is 3.44. The van der Waals surface area contributed by atoms with Crippen molar-refractivity contribution in [2.24, 2.45) is 0 Å². The molecule has 0 saturated heterocycles. The monoisotopic (exact) mass is 328 g/mol. The average Bonchev–Trinajstić information content (AvgIpc) is 3.00. The molecule has 0 unspecified atom stereocenters. The molecule has 4 nitrogen and oxygen atoms in total. The summed E-state index contributed by atoms with van der Waals surface area (Å²) in [6.07, 6.45) is 3.50. The summed E-state index contributed by atoms with van der Waals surface area (Å²) < 4.78 is 2.84. The number of rotatable bonds is 4. The summed E-state index contributed by atoms with van der Waals surface area (Å²) in [4.78, 5) is 0. The first kappa shape index (κ1) is 12.9. The van der Waals surface area contributed by atoms with Gasteiger partial charge in [-0.3, -0.25) is 0 Å². The van der Waals surface area contributed by atoms with Crippen LogP contribution in [-0.4, -0.2) is 15.0 Å². The minimum Gasteiger partial charge on any atom is -0.379 e. The first-order valence-electron chi connectivity index (χ1n) is 6.27. The van der Waals surface area contributed by atoms with Crippen molar-refractivity contribution in [3.05, 3.63) is 71.0 Å². The van der Waals surface area contributed by atoms with Gasteiger partial charge in [0.25, 0.3) is 0 Å². The van der Waals surface area contributed by atoms with Crippen molar-refractivity contribution >= 4 is 21.6 Å². The fourth-order valence-electron chi connectivity index (χ4n) is 2.00. The Bertz CT molecular complexity index is 695. The van der Waals surface area contributed by atoms with E-state index in [4.69, 9.17) is 0 Å². The van der Waals surface area contributed by atoms with Crippen LogP contribution >= 0.6 is 15.9 Å². The average molecular weight is 329 g/mol. The highest BCUT2D eigenvalue weighted by Gasteiger charge is 2.04. The molecule has 3 rings (SSSR count). The largest absolute Gasteiger partial charge is 0.379 e. The van der Waals surface area contributed by atoms with E-state index in [1.165, 1.54) is 5.56 Å². The number of aromatic nitrogens is 3. The number of halogens is 1. The fourth-order valence-corrected chi connectivity index (χ4v) is 2.45. The number of hydrogen-bond acceptors (Lipinski definition) is 3. The summed E-state index contributed by atoms with van der Waals surface area (Å²) in [6.45, 7) is 0.755. The maximum Gasteiger partial charge on any atom is 0.0894 e. The van der Waals surface area contributed by atoms with E-state index in [9.17, 15) is 0 Å². The van der Waals surface area contributed by atoms with Crippen LogP contribution in [0.15, 0.2) is 65.4 Å². The molecule has 0 atom stereocenters. The van der Waals surface area contributed by atoms with Gasteiger partial charge in [-0.1, -0.05) is 45.4 Å². The fraction of sp³-hybridized carbons (Fsp3) is 0.0667. The van der Waals surface area contributed by atoms with E-state index in [2.05, 4.69) is 43.7 Å². The summed E-state index contributed by atoms with van der Waals surface area (Å²) in [5, 5.41) is 11.3. The number of para-hydroxylation sites is 2. The van der Waals surface area contributed by atoms with Crippen LogP contribution < -0.4 is 5.32 Å². The molecule has 5 heteroatoms. The van der Waals surface area contributed by atoms with Crippen molar-refractivity contribution in [2.45, 2.75) is 6.54 Å². The van der Waals surface area contributed by atoms with Crippen molar-refractivity contribution < 1.29 is 0 Å². The zero-order valence-electron chi connectivity index (χ0n) is 10.7. The van der Waals surface area contributed by atoms with Gasteiger partial charge >= 0.3 is 0 Å². The molecule has 1 aromatic heterocycles. The highest BCUT2D eigenvalue weighted by molar-refractivity contribution is 9.10. The van der Waals surface area contributed by atoms with Crippen LogP contribution in [0.2, 0.25) is 0 Å². The van der Waals surface area contributed by atoms with E-state index in [1.807, 2.05) is 42.6 Å². The van der Waals surface area contributed by atoms with Gasteiger partial charge in [0.2, 0.25) is 0 Å². The topological polar surface area (TPSA) is 42.7 Å². The maximum atomic E-state index is 4.04. The molecule has 0 spiro atoms. The van der Waals surface area contributed by atoms with E-state index in [-0.39, 0.29) is 0 Å². The van der Waals surface area contributed by atoms with E-state index in [0.717, 1.165) is 22.4 Å². The Labute approximate surface area is 125 Å². The van der Waals surface area contributed by atoms with Gasteiger partial charge in [-0.15, -0.1) is 5.10 Å². The number of hydrogen-bond donors (Lipinski definition) is 1. The molecule has 0 radical (unpaired) electrons. The lowest BCUT2D eigenvalue weighted by Gasteiger charge is -2.11. The second-order valence-electron chi connectivity index (χ2n) is 4.35.